The molecule has 0 aliphatic carbocycles. The summed E-state index contributed by atoms with van der Waals surface area (Å²) in [7, 11) is 1.70. The summed E-state index contributed by atoms with van der Waals surface area (Å²) in [5, 5.41) is 9.49. The van der Waals surface area contributed by atoms with Crippen LogP contribution in [0.1, 0.15) is 13.8 Å². The normalized spacial score (nSPS) is 16.8. The van der Waals surface area contributed by atoms with Gasteiger partial charge in [0.05, 0.1) is 13.2 Å². The summed E-state index contributed by atoms with van der Waals surface area (Å²) in [6.07, 6.45) is 0. The molecule has 0 aliphatic heterocycles. The number of thioether (sulfide) groups is 1. The van der Waals surface area contributed by atoms with Crippen molar-refractivity contribution < 1.29 is 9.84 Å². The lowest BCUT2D eigenvalue weighted by atomic mass is 10.5. The zero-order valence-corrected chi connectivity index (χ0v) is 7.65. The molecular weight excluding hydrogens is 148 g/mol. The third-order valence-electron chi connectivity index (χ3n) is 1.12. The number of hydrogen-bond donors (Lipinski definition) is 1. The van der Waals surface area contributed by atoms with E-state index >= 15 is 0 Å². The van der Waals surface area contributed by atoms with Crippen LogP contribution in [0.2, 0.25) is 0 Å². The van der Waals surface area contributed by atoms with Crippen molar-refractivity contribution in [1.82, 2.24) is 0 Å². The topological polar surface area (TPSA) is 29.5 Å². The molecule has 2 unspecified atom stereocenters. The first-order valence-electron chi connectivity index (χ1n) is 3.46. The summed E-state index contributed by atoms with van der Waals surface area (Å²) in [4.78, 5) is 0. The first-order chi connectivity index (χ1) is 4.70. The van der Waals surface area contributed by atoms with Crippen molar-refractivity contribution in [1.29, 1.82) is 0 Å². The first kappa shape index (κ1) is 10.3. The SMILES string of the molecule is COCC(C)SC(C)CO. The van der Waals surface area contributed by atoms with E-state index in [1.165, 1.54) is 0 Å². The van der Waals surface area contributed by atoms with Gasteiger partial charge >= 0.3 is 0 Å². The van der Waals surface area contributed by atoms with Crippen molar-refractivity contribution in [2.45, 2.75) is 24.3 Å². The second-order valence-corrected chi connectivity index (χ2v) is 4.28. The fourth-order valence-corrected chi connectivity index (χ4v) is 1.81. The standard InChI is InChI=1S/C7H16O2S/c1-6(4-8)10-7(2)5-9-3/h6-8H,4-5H2,1-3H3. The Bertz CT molecular complexity index is 78.0. The minimum Gasteiger partial charge on any atom is -0.395 e. The van der Waals surface area contributed by atoms with Crippen LogP contribution in [0.3, 0.4) is 0 Å². The summed E-state index contributed by atoms with van der Waals surface area (Å²) < 4.78 is 4.95. The van der Waals surface area contributed by atoms with Gasteiger partial charge in [-0.1, -0.05) is 13.8 Å². The highest BCUT2D eigenvalue weighted by atomic mass is 32.2. The van der Waals surface area contributed by atoms with Crippen molar-refractivity contribution in [2.24, 2.45) is 0 Å². The van der Waals surface area contributed by atoms with E-state index in [9.17, 15) is 0 Å². The predicted octanol–water partition coefficient (Wildman–Crippen LogP) is 1.14. The maximum atomic E-state index is 8.69. The van der Waals surface area contributed by atoms with Crippen LogP contribution in [0.4, 0.5) is 0 Å². The molecule has 0 aromatic heterocycles. The quantitative estimate of drug-likeness (QED) is 0.660. The van der Waals surface area contributed by atoms with Crippen LogP contribution in [0, 0.1) is 0 Å². The highest BCUT2D eigenvalue weighted by molar-refractivity contribution is 8.00. The zero-order chi connectivity index (χ0) is 7.98. The molecule has 3 heteroatoms. The lowest BCUT2D eigenvalue weighted by Gasteiger charge is -2.13. The second kappa shape index (κ2) is 6.01. The van der Waals surface area contributed by atoms with E-state index in [2.05, 4.69) is 6.92 Å². The third-order valence-corrected chi connectivity index (χ3v) is 2.34. The molecule has 10 heavy (non-hydrogen) atoms. The van der Waals surface area contributed by atoms with Gasteiger partial charge in [0.2, 0.25) is 0 Å². The molecule has 62 valence electrons. The molecule has 0 radical (unpaired) electrons. The Morgan fingerprint density at radius 3 is 2.40 bits per heavy atom. The van der Waals surface area contributed by atoms with E-state index in [4.69, 9.17) is 9.84 Å². The molecule has 0 saturated carbocycles. The van der Waals surface area contributed by atoms with Crippen LogP contribution in [0.15, 0.2) is 0 Å². The van der Waals surface area contributed by atoms with Crippen LogP contribution in [-0.4, -0.2) is 35.9 Å². The van der Waals surface area contributed by atoms with Crippen LogP contribution in [0.25, 0.3) is 0 Å². The van der Waals surface area contributed by atoms with Gasteiger partial charge in [0, 0.05) is 17.6 Å². The lowest BCUT2D eigenvalue weighted by molar-refractivity contribution is 0.202. The molecule has 2 nitrogen and oxygen atoms in total. The first-order valence-corrected chi connectivity index (χ1v) is 4.40. The number of aliphatic hydroxyl groups excluding tert-OH is 1. The Kier molecular flexibility index (Phi) is 6.17. The van der Waals surface area contributed by atoms with E-state index in [0.717, 1.165) is 6.61 Å². The van der Waals surface area contributed by atoms with Gasteiger partial charge < -0.3 is 9.84 Å². The Morgan fingerprint density at radius 1 is 1.40 bits per heavy atom. The van der Waals surface area contributed by atoms with Gasteiger partial charge in [0.25, 0.3) is 0 Å². The Hall–Kier alpha value is 0.270. The molecule has 0 saturated heterocycles. The highest BCUT2D eigenvalue weighted by Gasteiger charge is 2.06. The summed E-state index contributed by atoms with van der Waals surface area (Å²) in [5.74, 6) is 0. The molecule has 0 aliphatic rings. The zero-order valence-electron chi connectivity index (χ0n) is 6.83. The monoisotopic (exact) mass is 164 g/mol. The van der Waals surface area contributed by atoms with Gasteiger partial charge in [-0.2, -0.15) is 11.8 Å². The maximum absolute atomic E-state index is 8.69. The van der Waals surface area contributed by atoms with Gasteiger partial charge in [-0.3, -0.25) is 0 Å². The molecule has 0 spiro atoms. The number of aliphatic hydroxyl groups is 1. The van der Waals surface area contributed by atoms with Crippen LogP contribution < -0.4 is 0 Å². The van der Waals surface area contributed by atoms with Gasteiger partial charge in [-0.05, 0) is 0 Å². The molecule has 0 heterocycles. The Balaban J connectivity index is 3.27. The number of methoxy groups -OCH3 is 1. The predicted molar refractivity (Wildman–Crippen MR) is 45.5 cm³/mol. The molecule has 0 bridgehead atoms. The fourth-order valence-electron chi connectivity index (χ4n) is 0.714. The third kappa shape index (κ3) is 5.09. The Morgan fingerprint density at radius 2 is 2.00 bits per heavy atom. The van der Waals surface area contributed by atoms with E-state index in [-0.39, 0.29) is 6.61 Å². The van der Waals surface area contributed by atoms with Crippen LogP contribution >= 0.6 is 11.8 Å². The molecule has 0 rings (SSSR count). The highest BCUT2D eigenvalue weighted by Crippen LogP contribution is 2.16. The number of ether oxygens (including phenoxy) is 1. The van der Waals surface area contributed by atoms with E-state index < -0.39 is 0 Å². The van der Waals surface area contributed by atoms with E-state index in [1.54, 1.807) is 18.9 Å². The Labute approximate surface area is 67.0 Å². The summed E-state index contributed by atoms with van der Waals surface area (Å²) in [6.45, 7) is 5.12. The molecule has 0 fully saturated rings. The van der Waals surface area contributed by atoms with Crippen molar-refractivity contribution in [2.75, 3.05) is 20.3 Å². The molecule has 1 N–H and O–H groups in total. The van der Waals surface area contributed by atoms with Crippen molar-refractivity contribution >= 4 is 11.8 Å². The molecule has 2 atom stereocenters. The summed E-state index contributed by atoms with van der Waals surface area (Å²) in [5.41, 5.74) is 0. The van der Waals surface area contributed by atoms with Crippen LogP contribution in [-0.2, 0) is 4.74 Å². The van der Waals surface area contributed by atoms with E-state index in [0.29, 0.717) is 10.5 Å². The summed E-state index contributed by atoms with van der Waals surface area (Å²) in [6, 6.07) is 0. The van der Waals surface area contributed by atoms with Crippen molar-refractivity contribution in [3.05, 3.63) is 0 Å². The van der Waals surface area contributed by atoms with Crippen LogP contribution in [0.5, 0.6) is 0 Å². The smallest absolute Gasteiger partial charge is 0.0578 e. The van der Waals surface area contributed by atoms with Gasteiger partial charge in [0.15, 0.2) is 0 Å². The van der Waals surface area contributed by atoms with Gasteiger partial charge in [0.1, 0.15) is 0 Å². The average molecular weight is 164 g/mol. The second-order valence-electron chi connectivity index (χ2n) is 2.40. The average Bonchev–Trinajstić information content (AvgIpc) is 1.88. The minimum absolute atomic E-state index is 0.249. The molecule has 0 amide bonds. The van der Waals surface area contributed by atoms with Gasteiger partial charge in [-0.25, -0.2) is 0 Å². The molecular formula is C7H16O2S. The van der Waals surface area contributed by atoms with Gasteiger partial charge in [-0.15, -0.1) is 0 Å². The van der Waals surface area contributed by atoms with Crippen molar-refractivity contribution in [3.8, 4) is 0 Å². The molecule has 0 aromatic rings. The maximum Gasteiger partial charge on any atom is 0.0578 e. The fraction of sp³-hybridized carbons (Fsp3) is 1.00. The largest absolute Gasteiger partial charge is 0.395 e. The van der Waals surface area contributed by atoms with E-state index in [1.807, 2.05) is 6.92 Å². The summed E-state index contributed by atoms with van der Waals surface area (Å²) >= 11 is 1.75. The number of rotatable bonds is 5. The molecule has 0 aromatic carbocycles. The number of hydrogen-bond acceptors (Lipinski definition) is 3. The minimum atomic E-state index is 0.249. The lowest BCUT2D eigenvalue weighted by Crippen LogP contribution is -2.12. The van der Waals surface area contributed by atoms with Crippen molar-refractivity contribution in [3.63, 3.8) is 0 Å².